The van der Waals surface area contributed by atoms with E-state index in [2.05, 4.69) is 18.7 Å². The summed E-state index contributed by atoms with van der Waals surface area (Å²) in [6.07, 6.45) is 4.34. The number of carbonyl (C=O) groups is 1. The van der Waals surface area contributed by atoms with Gasteiger partial charge in [-0.1, -0.05) is 38.1 Å². The Morgan fingerprint density at radius 1 is 1.05 bits per heavy atom. The van der Waals surface area contributed by atoms with Gasteiger partial charge in [-0.3, -0.25) is 4.79 Å². The maximum Gasteiger partial charge on any atom is 0.227 e. The molecule has 2 aromatic carbocycles. The lowest BCUT2D eigenvalue weighted by Crippen LogP contribution is -2.48. The van der Waals surface area contributed by atoms with Crippen LogP contribution in [0.25, 0.3) is 0 Å². The van der Waals surface area contributed by atoms with Crippen LogP contribution in [-0.4, -0.2) is 66.5 Å². The first kappa shape index (κ1) is 29.5. The number of carbonyl (C=O) groups excluding carboxylic acids is 1. The fourth-order valence-electron chi connectivity index (χ4n) is 5.36. The molecule has 0 saturated carbocycles. The first-order valence-electron chi connectivity index (χ1n) is 14.5. The number of amides is 1. The van der Waals surface area contributed by atoms with Crippen LogP contribution < -0.4 is 4.74 Å². The molecule has 0 aliphatic carbocycles. The van der Waals surface area contributed by atoms with E-state index in [0.717, 1.165) is 68.8 Å². The number of rotatable bonds is 11. The molecule has 0 bridgehead atoms. The Morgan fingerprint density at radius 3 is 2.36 bits per heavy atom. The van der Waals surface area contributed by atoms with E-state index in [0.29, 0.717) is 25.5 Å². The number of likely N-dealkylation sites (tertiary alicyclic amines) is 1. The van der Waals surface area contributed by atoms with Crippen molar-refractivity contribution in [1.29, 1.82) is 0 Å². The molecule has 0 radical (unpaired) electrons. The van der Waals surface area contributed by atoms with Gasteiger partial charge in [-0.05, 0) is 80.8 Å². The van der Waals surface area contributed by atoms with E-state index in [1.54, 1.807) is 12.1 Å². The normalized spacial score (nSPS) is 20.2. The maximum absolute atomic E-state index is 13.6. The molecule has 0 spiro atoms. The third-order valence-electron chi connectivity index (χ3n) is 7.55. The first-order chi connectivity index (χ1) is 18.7. The summed E-state index contributed by atoms with van der Waals surface area (Å²) in [6.45, 7) is 13.0. The second-order valence-electron chi connectivity index (χ2n) is 11.8. The number of halogens is 1. The van der Waals surface area contributed by atoms with Gasteiger partial charge in [0.05, 0.1) is 25.7 Å². The Balaban J connectivity index is 1.35. The van der Waals surface area contributed by atoms with Crippen molar-refractivity contribution in [3.8, 4) is 5.75 Å². The number of nitrogens with zero attached hydrogens (tertiary/aromatic N) is 2. The summed E-state index contributed by atoms with van der Waals surface area (Å²) in [6, 6.07) is 14.5. The topological polar surface area (TPSA) is 51.2 Å². The van der Waals surface area contributed by atoms with E-state index in [1.807, 2.05) is 43.0 Å². The Morgan fingerprint density at radius 2 is 1.72 bits per heavy atom. The summed E-state index contributed by atoms with van der Waals surface area (Å²) in [5.74, 6) is 0.622. The second kappa shape index (κ2) is 13.7. The van der Waals surface area contributed by atoms with Crippen LogP contribution in [0.1, 0.15) is 64.5 Å². The molecule has 2 aliphatic rings. The van der Waals surface area contributed by atoms with Gasteiger partial charge in [0.15, 0.2) is 5.79 Å². The SMILES string of the molecule is CC(C)COc1ccc(CC(=O)N(Cc2ccc(F)cc2)C2CCN(CCC3CCOC(C)(C)O3)CC2)cc1. The lowest BCUT2D eigenvalue weighted by atomic mass is 10.00. The van der Waals surface area contributed by atoms with Crippen molar-refractivity contribution >= 4 is 5.91 Å². The zero-order chi connectivity index (χ0) is 27.8. The van der Waals surface area contributed by atoms with Crippen LogP contribution in [0, 0.1) is 11.7 Å². The molecule has 1 unspecified atom stereocenters. The van der Waals surface area contributed by atoms with Crippen LogP contribution in [0.2, 0.25) is 0 Å². The fraction of sp³-hybridized carbons (Fsp3) is 0.594. The number of piperidine rings is 1. The molecule has 7 heteroatoms. The molecule has 2 aromatic rings. The van der Waals surface area contributed by atoms with E-state index in [4.69, 9.17) is 14.2 Å². The van der Waals surface area contributed by atoms with Crippen molar-refractivity contribution in [1.82, 2.24) is 9.80 Å². The van der Waals surface area contributed by atoms with Crippen molar-refractivity contribution < 1.29 is 23.4 Å². The highest BCUT2D eigenvalue weighted by Gasteiger charge is 2.31. The molecule has 0 N–H and O–H groups in total. The number of hydrogen-bond donors (Lipinski definition) is 0. The first-order valence-corrected chi connectivity index (χ1v) is 14.5. The third kappa shape index (κ3) is 9.30. The van der Waals surface area contributed by atoms with Crippen LogP contribution >= 0.6 is 0 Å². The van der Waals surface area contributed by atoms with Gasteiger partial charge >= 0.3 is 0 Å². The van der Waals surface area contributed by atoms with Gasteiger partial charge < -0.3 is 24.0 Å². The van der Waals surface area contributed by atoms with Gasteiger partial charge in [-0.2, -0.15) is 0 Å². The summed E-state index contributed by atoms with van der Waals surface area (Å²) in [4.78, 5) is 18.1. The number of hydrogen-bond acceptors (Lipinski definition) is 5. The molecule has 6 nitrogen and oxygen atoms in total. The van der Waals surface area contributed by atoms with E-state index in [9.17, 15) is 9.18 Å². The minimum atomic E-state index is -0.501. The highest BCUT2D eigenvalue weighted by molar-refractivity contribution is 5.79. The van der Waals surface area contributed by atoms with Crippen LogP contribution in [0.15, 0.2) is 48.5 Å². The highest BCUT2D eigenvalue weighted by Crippen LogP contribution is 2.26. The van der Waals surface area contributed by atoms with Gasteiger partial charge in [-0.25, -0.2) is 4.39 Å². The third-order valence-corrected chi connectivity index (χ3v) is 7.55. The van der Waals surface area contributed by atoms with Gasteiger partial charge in [0.25, 0.3) is 0 Å². The summed E-state index contributed by atoms with van der Waals surface area (Å²) in [5, 5.41) is 0. The lowest BCUT2D eigenvalue weighted by molar-refractivity contribution is -0.274. The fourth-order valence-corrected chi connectivity index (χ4v) is 5.36. The average Bonchev–Trinajstić information content (AvgIpc) is 2.91. The molecule has 39 heavy (non-hydrogen) atoms. The van der Waals surface area contributed by atoms with Crippen LogP contribution in [0.5, 0.6) is 5.75 Å². The molecule has 4 rings (SSSR count). The Hall–Kier alpha value is -2.48. The molecular weight excluding hydrogens is 495 g/mol. The molecule has 2 aliphatic heterocycles. The van der Waals surface area contributed by atoms with Crippen molar-refractivity contribution in [2.45, 2.75) is 84.3 Å². The van der Waals surface area contributed by atoms with Crippen LogP contribution in [-0.2, 0) is 27.2 Å². The lowest BCUT2D eigenvalue weighted by Gasteiger charge is -2.40. The van der Waals surface area contributed by atoms with Gasteiger partial charge in [-0.15, -0.1) is 0 Å². The predicted molar refractivity (Wildman–Crippen MR) is 151 cm³/mol. The largest absolute Gasteiger partial charge is 0.493 e. The summed E-state index contributed by atoms with van der Waals surface area (Å²) in [7, 11) is 0. The second-order valence-corrected chi connectivity index (χ2v) is 11.8. The summed E-state index contributed by atoms with van der Waals surface area (Å²) < 4.78 is 31.1. The Kier molecular flexibility index (Phi) is 10.4. The zero-order valence-corrected chi connectivity index (χ0v) is 24.0. The quantitative estimate of drug-likeness (QED) is 0.359. The summed E-state index contributed by atoms with van der Waals surface area (Å²) in [5.41, 5.74) is 1.92. The van der Waals surface area contributed by atoms with E-state index < -0.39 is 5.79 Å². The van der Waals surface area contributed by atoms with E-state index in [1.165, 1.54) is 12.1 Å². The molecule has 0 aromatic heterocycles. The smallest absolute Gasteiger partial charge is 0.227 e. The molecular formula is C32H45FN2O4. The molecule has 214 valence electrons. The number of ether oxygens (including phenoxy) is 3. The minimum Gasteiger partial charge on any atom is -0.493 e. The molecule has 2 fully saturated rings. The number of benzene rings is 2. The van der Waals surface area contributed by atoms with Crippen molar-refractivity contribution in [3.63, 3.8) is 0 Å². The maximum atomic E-state index is 13.6. The standard InChI is InChI=1S/C32H45FN2O4/c1-24(2)23-37-29-11-7-25(8-12-29)21-31(36)35(22-26-5-9-27(33)10-6-26)28-13-17-34(18-14-28)19-15-30-16-20-38-32(3,4)39-30/h5-12,24,28,30H,13-23H2,1-4H3. The average molecular weight is 541 g/mol. The van der Waals surface area contributed by atoms with Crippen LogP contribution in [0.3, 0.4) is 0 Å². The van der Waals surface area contributed by atoms with Gasteiger partial charge in [0.2, 0.25) is 5.91 Å². The predicted octanol–water partition coefficient (Wildman–Crippen LogP) is 5.83. The Bertz CT molecular complexity index is 1030. The van der Waals surface area contributed by atoms with E-state index in [-0.39, 0.29) is 23.9 Å². The molecule has 2 heterocycles. The summed E-state index contributed by atoms with van der Waals surface area (Å²) >= 11 is 0. The zero-order valence-electron chi connectivity index (χ0n) is 24.0. The van der Waals surface area contributed by atoms with Crippen molar-refractivity contribution in [2.75, 3.05) is 32.8 Å². The minimum absolute atomic E-state index is 0.103. The Labute approximate surface area is 233 Å². The molecule has 1 amide bonds. The van der Waals surface area contributed by atoms with Crippen molar-refractivity contribution in [3.05, 3.63) is 65.5 Å². The van der Waals surface area contributed by atoms with Gasteiger partial charge in [0, 0.05) is 32.2 Å². The van der Waals surface area contributed by atoms with E-state index >= 15 is 0 Å². The molecule has 2 saturated heterocycles. The molecule has 1 atom stereocenters. The van der Waals surface area contributed by atoms with Crippen LogP contribution in [0.4, 0.5) is 4.39 Å². The van der Waals surface area contributed by atoms with Crippen molar-refractivity contribution in [2.24, 2.45) is 5.92 Å². The monoisotopic (exact) mass is 540 g/mol. The highest BCUT2D eigenvalue weighted by atomic mass is 19.1. The van der Waals surface area contributed by atoms with Gasteiger partial charge in [0.1, 0.15) is 11.6 Å².